The molecule has 41 heavy (non-hydrogen) atoms. The number of rotatable bonds is 4. The summed E-state index contributed by atoms with van der Waals surface area (Å²) in [6, 6.07) is 35.7. The standard InChI is InChI=1S/C36H29BNO3/c1-34(2,39)35(3,4)41-37-23-17-18-29-32(20-23)40-31-16-10-9-15-28(31)36(29)27-14-8-7-13-26(27)33-25-12-6-5-11-24(25)22(21-38)19-30(33)36/h5-20,39H,1-4H3. The molecule has 7 rings (SSSR count). The first-order valence-electron chi connectivity index (χ1n) is 13.9. The van der Waals surface area contributed by atoms with Crippen LogP contribution in [-0.4, -0.2) is 23.8 Å². The molecule has 0 saturated carbocycles. The summed E-state index contributed by atoms with van der Waals surface area (Å²) in [5, 5.41) is 22.9. The zero-order chi connectivity index (χ0) is 28.6. The molecule has 2 aliphatic rings. The van der Waals surface area contributed by atoms with Crippen LogP contribution < -0.4 is 10.2 Å². The van der Waals surface area contributed by atoms with Crippen LogP contribution in [0.2, 0.25) is 0 Å². The van der Waals surface area contributed by atoms with Gasteiger partial charge in [0.05, 0.1) is 28.2 Å². The van der Waals surface area contributed by atoms with Crippen LogP contribution in [0.4, 0.5) is 0 Å². The zero-order valence-corrected chi connectivity index (χ0v) is 23.5. The summed E-state index contributed by atoms with van der Waals surface area (Å²) in [5.74, 6) is 1.51. The van der Waals surface area contributed by atoms with Gasteiger partial charge in [-0.05, 0) is 79.0 Å². The monoisotopic (exact) mass is 534 g/mol. The van der Waals surface area contributed by atoms with E-state index in [2.05, 4.69) is 60.7 Å². The number of ether oxygens (including phenoxy) is 1. The minimum atomic E-state index is -1.03. The van der Waals surface area contributed by atoms with Crippen LogP contribution in [-0.2, 0) is 10.1 Å². The van der Waals surface area contributed by atoms with Gasteiger partial charge in [0.25, 0.3) is 0 Å². The molecule has 1 unspecified atom stereocenters. The van der Waals surface area contributed by atoms with Crippen molar-refractivity contribution in [2.24, 2.45) is 0 Å². The summed E-state index contributed by atoms with van der Waals surface area (Å²) >= 11 is 0. The molecule has 1 atom stereocenters. The SMILES string of the molecule is CC(C)(O)C(C)(C)O[B]c1ccc2c(c1)Oc1ccccc1C21c2ccccc2-c2c1cc(C#N)c1ccccc21. The fraction of sp³-hybridized carbons (Fsp3) is 0.194. The number of aliphatic hydroxyl groups is 1. The minimum absolute atomic E-state index is 0.657. The number of nitriles is 1. The normalized spacial score (nSPS) is 16.8. The Balaban J connectivity index is 1.51. The lowest BCUT2D eigenvalue weighted by Gasteiger charge is -2.40. The van der Waals surface area contributed by atoms with Crippen LogP contribution in [0.3, 0.4) is 0 Å². The number of hydrogen-bond donors (Lipinski definition) is 1. The van der Waals surface area contributed by atoms with Crippen molar-refractivity contribution in [2.45, 2.75) is 44.3 Å². The van der Waals surface area contributed by atoms with Gasteiger partial charge in [-0.15, -0.1) is 0 Å². The van der Waals surface area contributed by atoms with Crippen molar-refractivity contribution >= 4 is 23.7 Å². The molecule has 0 fully saturated rings. The Bertz CT molecular complexity index is 1910. The Morgan fingerprint density at radius 2 is 1.41 bits per heavy atom. The molecule has 1 aliphatic carbocycles. The molecule has 5 heteroatoms. The van der Waals surface area contributed by atoms with Crippen LogP contribution in [0.25, 0.3) is 21.9 Å². The van der Waals surface area contributed by atoms with Gasteiger partial charge in [-0.3, -0.25) is 0 Å². The summed E-state index contributed by atoms with van der Waals surface area (Å²) in [4.78, 5) is 0. The van der Waals surface area contributed by atoms with Gasteiger partial charge in [-0.25, -0.2) is 0 Å². The maximum absolute atomic E-state index is 10.6. The van der Waals surface area contributed by atoms with Gasteiger partial charge >= 0.3 is 7.48 Å². The second-order valence-corrected chi connectivity index (χ2v) is 12.0. The number of fused-ring (bicyclic) bond motifs is 11. The number of hydrogen-bond acceptors (Lipinski definition) is 4. The first-order chi connectivity index (χ1) is 19.7. The minimum Gasteiger partial charge on any atom is -0.457 e. The van der Waals surface area contributed by atoms with Crippen LogP contribution >= 0.6 is 0 Å². The van der Waals surface area contributed by atoms with Gasteiger partial charge in [-0.2, -0.15) is 5.26 Å². The van der Waals surface area contributed by atoms with Gasteiger partial charge in [0, 0.05) is 16.5 Å². The van der Waals surface area contributed by atoms with E-state index in [1.807, 2.05) is 56.3 Å². The maximum Gasteiger partial charge on any atom is 0.331 e. The van der Waals surface area contributed by atoms with Crippen LogP contribution in [0.15, 0.2) is 97.1 Å². The molecule has 1 heterocycles. The predicted molar refractivity (Wildman–Crippen MR) is 163 cm³/mol. The van der Waals surface area contributed by atoms with E-state index in [9.17, 15) is 10.4 Å². The fourth-order valence-corrected chi connectivity index (χ4v) is 6.30. The molecule has 4 nitrogen and oxygen atoms in total. The lowest BCUT2D eigenvalue weighted by molar-refractivity contribution is -0.0893. The Kier molecular flexibility index (Phi) is 5.50. The van der Waals surface area contributed by atoms with Crippen molar-refractivity contribution in [2.75, 3.05) is 0 Å². The van der Waals surface area contributed by atoms with Gasteiger partial charge in [-0.1, -0.05) is 78.9 Å². The molecule has 1 radical (unpaired) electrons. The second-order valence-electron chi connectivity index (χ2n) is 12.0. The highest BCUT2D eigenvalue weighted by atomic mass is 16.5. The molecule has 0 saturated heterocycles. The van der Waals surface area contributed by atoms with Crippen molar-refractivity contribution in [1.29, 1.82) is 5.26 Å². The first kappa shape index (κ1) is 25.6. The second kappa shape index (κ2) is 8.82. The average Bonchev–Trinajstić information content (AvgIpc) is 3.26. The van der Waals surface area contributed by atoms with Crippen molar-refractivity contribution in [3.05, 3.63) is 125 Å². The quantitative estimate of drug-likeness (QED) is 0.247. The van der Waals surface area contributed by atoms with E-state index < -0.39 is 16.6 Å². The Hall–Kier alpha value is -4.37. The zero-order valence-electron chi connectivity index (χ0n) is 23.5. The Labute approximate surface area is 241 Å². The predicted octanol–water partition coefficient (Wildman–Crippen LogP) is 6.99. The van der Waals surface area contributed by atoms with Gasteiger partial charge < -0.3 is 14.5 Å². The molecule has 1 spiro atoms. The van der Waals surface area contributed by atoms with Crippen molar-refractivity contribution in [3.8, 4) is 28.7 Å². The number of nitrogens with zero attached hydrogens (tertiary/aromatic N) is 1. The molecule has 1 N–H and O–H groups in total. The third kappa shape index (κ3) is 3.55. The van der Waals surface area contributed by atoms with E-state index in [0.29, 0.717) is 5.56 Å². The molecule has 5 aromatic carbocycles. The summed E-state index contributed by atoms with van der Waals surface area (Å²) in [5.41, 5.74) is 5.63. The average molecular weight is 534 g/mol. The lowest BCUT2D eigenvalue weighted by Crippen LogP contribution is -2.49. The summed E-state index contributed by atoms with van der Waals surface area (Å²) in [6.07, 6.45) is 0. The van der Waals surface area contributed by atoms with E-state index in [4.69, 9.17) is 9.39 Å². The van der Waals surface area contributed by atoms with Gasteiger partial charge in [0.2, 0.25) is 0 Å². The smallest absolute Gasteiger partial charge is 0.331 e. The van der Waals surface area contributed by atoms with E-state index in [1.54, 1.807) is 21.3 Å². The van der Waals surface area contributed by atoms with Crippen molar-refractivity contribution in [3.63, 3.8) is 0 Å². The van der Waals surface area contributed by atoms with Gasteiger partial charge in [0.15, 0.2) is 0 Å². The molecule has 0 aromatic heterocycles. The van der Waals surface area contributed by atoms with E-state index >= 15 is 0 Å². The topological polar surface area (TPSA) is 62.5 Å². The first-order valence-corrected chi connectivity index (χ1v) is 13.9. The third-order valence-electron chi connectivity index (χ3n) is 9.05. The molecular weight excluding hydrogens is 505 g/mol. The summed E-state index contributed by atoms with van der Waals surface area (Å²) in [6.45, 7) is 7.22. The Morgan fingerprint density at radius 1 is 0.756 bits per heavy atom. The Morgan fingerprint density at radius 3 is 2.17 bits per heavy atom. The van der Waals surface area contributed by atoms with Crippen LogP contribution in [0, 0.1) is 11.3 Å². The molecule has 5 aromatic rings. The molecule has 1 aliphatic heterocycles. The highest BCUT2D eigenvalue weighted by Crippen LogP contribution is 2.63. The van der Waals surface area contributed by atoms with E-state index in [0.717, 1.165) is 55.6 Å². The highest BCUT2D eigenvalue weighted by molar-refractivity contribution is 6.47. The van der Waals surface area contributed by atoms with E-state index in [-0.39, 0.29) is 0 Å². The van der Waals surface area contributed by atoms with Crippen LogP contribution in [0.5, 0.6) is 11.5 Å². The molecule has 0 amide bonds. The molecule has 199 valence electrons. The fourth-order valence-electron chi connectivity index (χ4n) is 6.30. The van der Waals surface area contributed by atoms with Gasteiger partial charge in [0.1, 0.15) is 11.5 Å². The van der Waals surface area contributed by atoms with Crippen LogP contribution in [0.1, 0.15) is 55.5 Å². The summed E-state index contributed by atoms with van der Waals surface area (Å²) in [7, 11) is 1.69. The third-order valence-corrected chi connectivity index (χ3v) is 9.05. The highest BCUT2D eigenvalue weighted by Gasteiger charge is 2.51. The summed E-state index contributed by atoms with van der Waals surface area (Å²) < 4.78 is 12.7. The maximum atomic E-state index is 10.6. The molecular formula is C36H29BNO3. The molecule has 0 bridgehead atoms. The lowest BCUT2D eigenvalue weighted by atomic mass is 9.65. The largest absolute Gasteiger partial charge is 0.457 e. The van der Waals surface area contributed by atoms with E-state index in [1.165, 1.54) is 5.56 Å². The van der Waals surface area contributed by atoms with Crippen molar-refractivity contribution in [1.82, 2.24) is 0 Å². The van der Waals surface area contributed by atoms with Crippen molar-refractivity contribution < 1.29 is 14.5 Å². The number of para-hydroxylation sites is 1. The number of benzene rings is 5.